The van der Waals surface area contributed by atoms with Gasteiger partial charge in [0.05, 0.1) is 0 Å². The fraction of sp³-hybridized carbons (Fsp3) is 0.400. The highest BCUT2D eigenvalue weighted by Crippen LogP contribution is 2.60. The zero-order valence-electron chi connectivity index (χ0n) is 22.4. The van der Waals surface area contributed by atoms with Crippen LogP contribution in [0.15, 0.2) is 22.1 Å². The molecule has 0 amide bonds. The second-order valence-electron chi connectivity index (χ2n) is 10.8. The van der Waals surface area contributed by atoms with Gasteiger partial charge in [-0.05, 0) is 76.6 Å². The molecule has 2 aliphatic carbocycles. The Morgan fingerprint density at radius 1 is 0.762 bits per heavy atom. The summed E-state index contributed by atoms with van der Waals surface area (Å²) in [5.41, 5.74) is 2.91. The average molecular weight is 591 g/mol. The fourth-order valence-electron chi connectivity index (χ4n) is 6.69. The number of benzene rings is 1. The minimum atomic E-state index is -0.552. The van der Waals surface area contributed by atoms with Crippen molar-refractivity contribution >= 4 is 44.6 Å². The van der Waals surface area contributed by atoms with E-state index < -0.39 is 11.2 Å². The predicted molar refractivity (Wildman–Crippen MR) is 158 cm³/mol. The first-order chi connectivity index (χ1) is 20.5. The quantitative estimate of drug-likeness (QED) is 0.169. The van der Waals surface area contributed by atoms with E-state index in [1.165, 1.54) is 22.7 Å². The molecule has 0 atom stereocenters. The van der Waals surface area contributed by atoms with Gasteiger partial charge in [-0.25, -0.2) is 9.69 Å². The SMILES string of the molecule is [C-]#[N+]C(=Nc1nc2c(s1)-c1cc3c(cc1C1(CCCCC1)O2)-c1sc(N=C(C#N)C#N)nc1OC31CCCCC1)[N+]#[C-]. The summed E-state index contributed by atoms with van der Waals surface area (Å²) in [5.74, 6) is 0.729. The van der Waals surface area contributed by atoms with Crippen LogP contribution in [0.1, 0.15) is 75.3 Å². The molecule has 2 fully saturated rings. The summed E-state index contributed by atoms with van der Waals surface area (Å²) >= 11 is 2.65. The summed E-state index contributed by atoms with van der Waals surface area (Å²) in [6, 6.07) is 8.12. The topological polar surface area (TPSA) is 125 Å². The van der Waals surface area contributed by atoms with Crippen molar-refractivity contribution in [3.63, 3.8) is 0 Å². The number of aromatic nitrogens is 2. The van der Waals surface area contributed by atoms with Gasteiger partial charge in [0.25, 0.3) is 0 Å². The molecule has 3 aromatic rings. The lowest BCUT2D eigenvalue weighted by atomic mass is 9.71. The van der Waals surface area contributed by atoms with E-state index in [0.29, 0.717) is 22.0 Å². The first-order valence-electron chi connectivity index (χ1n) is 13.8. The van der Waals surface area contributed by atoms with E-state index >= 15 is 0 Å². The van der Waals surface area contributed by atoms with Crippen molar-refractivity contribution in [3.05, 3.63) is 46.1 Å². The second kappa shape index (κ2) is 10.0. The number of nitrogens with zero attached hydrogens (tertiary/aromatic N) is 8. The maximum Gasteiger partial charge on any atom is 0.636 e. The highest BCUT2D eigenvalue weighted by atomic mass is 32.1. The average Bonchev–Trinajstić information content (AvgIpc) is 3.62. The van der Waals surface area contributed by atoms with Crippen molar-refractivity contribution in [2.75, 3.05) is 0 Å². The lowest BCUT2D eigenvalue weighted by molar-refractivity contribution is 0.0163. The van der Waals surface area contributed by atoms with Gasteiger partial charge in [0.1, 0.15) is 33.1 Å². The zero-order chi connectivity index (χ0) is 28.9. The standard InChI is InChI=1S/C30H22N8O2S2/c1-33-26(34-2)38-28-37-25-23(42-28)19-14-20-18(13-21(19)30(40-25)11-7-4-8-12-30)22-24(39-29(20)9-5-3-6-10-29)36-27(41-22)35-17(15-31)16-32/h13-14H,3-12H2. The van der Waals surface area contributed by atoms with Gasteiger partial charge in [-0.3, -0.25) is 0 Å². The van der Waals surface area contributed by atoms with Crippen LogP contribution in [0.3, 0.4) is 0 Å². The van der Waals surface area contributed by atoms with Gasteiger partial charge in [-0.2, -0.15) is 25.5 Å². The molecule has 1 aromatic carbocycles. The summed E-state index contributed by atoms with van der Waals surface area (Å²) in [5, 5.41) is 19.2. The van der Waals surface area contributed by atoms with Crippen LogP contribution in [-0.2, 0) is 11.2 Å². The lowest BCUT2D eigenvalue weighted by Crippen LogP contribution is -2.40. The third-order valence-corrected chi connectivity index (χ3v) is 10.4. The molecular formula is C30H22N8O2S2. The van der Waals surface area contributed by atoms with Gasteiger partial charge in [0.2, 0.25) is 22.6 Å². The smallest absolute Gasteiger partial charge is 0.465 e. The molecule has 2 saturated carbocycles. The highest BCUT2D eigenvalue weighted by molar-refractivity contribution is 7.19. The molecule has 0 radical (unpaired) electrons. The minimum absolute atomic E-state index is 0.246. The van der Waals surface area contributed by atoms with E-state index in [1.807, 2.05) is 12.1 Å². The number of nitriles is 2. The second-order valence-corrected chi connectivity index (χ2v) is 12.8. The highest BCUT2D eigenvalue weighted by Gasteiger charge is 2.49. The molecule has 42 heavy (non-hydrogen) atoms. The normalized spacial score (nSPS) is 18.2. The number of aliphatic imine (C=N–C) groups is 2. The Kier molecular flexibility index (Phi) is 6.28. The number of fused-ring (bicyclic) bond motifs is 8. The predicted octanol–water partition coefficient (Wildman–Crippen LogP) is 7.98. The van der Waals surface area contributed by atoms with Crippen LogP contribution in [0.4, 0.5) is 10.3 Å². The molecule has 0 saturated heterocycles. The minimum Gasteiger partial charge on any atom is -0.465 e. The van der Waals surface area contributed by atoms with Crippen LogP contribution in [0.2, 0.25) is 0 Å². The van der Waals surface area contributed by atoms with Crippen LogP contribution < -0.4 is 9.47 Å². The van der Waals surface area contributed by atoms with Crippen LogP contribution in [0.25, 0.3) is 30.6 Å². The number of thiazole rings is 2. The maximum atomic E-state index is 9.27. The van der Waals surface area contributed by atoms with Crippen LogP contribution in [-0.4, -0.2) is 21.6 Å². The summed E-state index contributed by atoms with van der Waals surface area (Å²) in [4.78, 5) is 25.8. The lowest BCUT2D eigenvalue weighted by Gasteiger charge is -2.45. The summed E-state index contributed by atoms with van der Waals surface area (Å²) in [6.45, 7) is 14.5. The van der Waals surface area contributed by atoms with Crippen LogP contribution >= 0.6 is 22.7 Å². The number of rotatable bonds is 2. The molecule has 0 N–H and O–H groups in total. The van der Waals surface area contributed by atoms with Gasteiger partial charge in [-0.1, -0.05) is 35.5 Å². The molecule has 0 unspecified atom stereocenters. The van der Waals surface area contributed by atoms with Crippen LogP contribution in [0.5, 0.6) is 11.8 Å². The number of ether oxygens (including phenoxy) is 2. The van der Waals surface area contributed by atoms with E-state index in [-0.39, 0.29) is 11.7 Å². The number of hydrogen-bond donors (Lipinski definition) is 0. The molecule has 4 heterocycles. The Balaban J connectivity index is 1.47. The Labute approximate surface area is 250 Å². The van der Waals surface area contributed by atoms with Gasteiger partial charge in [0.15, 0.2) is 0 Å². The Bertz CT molecular complexity index is 1690. The molecular weight excluding hydrogens is 569 g/mol. The molecule has 206 valence electrons. The third-order valence-electron chi connectivity index (χ3n) is 8.52. The van der Waals surface area contributed by atoms with E-state index in [4.69, 9.17) is 22.6 Å². The number of guanidine groups is 1. The monoisotopic (exact) mass is 590 g/mol. The van der Waals surface area contributed by atoms with Crippen molar-refractivity contribution < 1.29 is 9.47 Å². The molecule has 2 spiro atoms. The third kappa shape index (κ3) is 4.07. The molecule has 10 nitrogen and oxygen atoms in total. The first kappa shape index (κ1) is 26.3. The van der Waals surface area contributed by atoms with E-state index in [9.17, 15) is 10.5 Å². The summed E-state index contributed by atoms with van der Waals surface area (Å²) in [7, 11) is 0. The fourth-order valence-corrected chi connectivity index (χ4v) is 8.49. The van der Waals surface area contributed by atoms with Gasteiger partial charge >= 0.3 is 11.1 Å². The van der Waals surface area contributed by atoms with Crippen molar-refractivity contribution in [3.8, 4) is 44.8 Å². The van der Waals surface area contributed by atoms with E-state index in [2.05, 4.69) is 41.8 Å². The molecule has 2 aromatic heterocycles. The van der Waals surface area contributed by atoms with Crippen molar-refractivity contribution in [1.82, 2.24) is 9.97 Å². The Hall–Kier alpha value is -4.62. The molecule has 12 heteroatoms. The molecule has 2 aliphatic heterocycles. The van der Waals surface area contributed by atoms with E-state index in [0.717, 1.165) is 96.2 Å². The van der Waals surface area contributed by atoms with Crippen LogP contribution in [0, 0.1) is 35.8 Å². The Morgan fingerprint density at radius 2 is 1.21 bits per heavy atom. The summed E-state index contributed by atoms with van der Waals surface area (Å²) < 4.78 is 13.5. The first-order valence-corrected chi connectivity index (χ1v) is 15.5. The van der Waals surface area contributed by atoms with Crippen molar-refractivity contribution in [2.45, 2.75) is 75.4 Å². The van der Waals surface area contributed by atoms with Crippen molar-refractivity contribution in [2.24, 2.45) is 9.98 Å². The largest absolute Gasteiger partial charge is 0.636 e. The van der Waals surface area contributed by atoms with Gasteiger partial charge in [-0.15, -0.1) is 0 Å². The molecule has 4 aliphatic rings. The summed E-state index contributed by atoms with van der Waals surface area (Å²) in [6.07, 6.45) is 9.80. The van der Waals surface area contributed by atoms with Gasteiger partial charge in [0, 0.05) is 27.2 Å². The van der Waals surface area contributed by atoms with E-state index in [1.54, 1.807) is 0 Å². The maximum absolute atomic E-state index is 9.27. The zero-order valence-corrected chi connectivity index (χ0v) is 24.1. The molecule has 7 rings (SSSR count). The van der Waals surface area contributed by atoms with Crippen molar-refractivity contribution in [1.29, 1.82) is 10.5 Å². The Morgan fingerprint density at radius 3 is 1.64 bits per heavy atom. The number of hydrogen-bond acceptors (Lipinski definition) is 10. The molecule has 0 bridgehead atoms. The van der Waals surface area contributed by atoms with Gasteiger partial charge < -0.3 is 9.47 Å².